The van der Waals surface area contributed by atoms with Gasteiger partial charge in [-0.05, 0) is 40.2 Å². The van der Waals surface area contributed by atoms with Crippen LogP contribution in [0.25, 0.3) is 11.3 Å². The largest absolute Gasteiger partial charge is 0.309 e. The van der Waals surface area contributed by atoms with Gasteiger partial charge < -0.3 is 5.32 Å². The first-order valence-electron chi connectivity index (χ1n) is 5.47. The van der Waals surface area contributed by atoms with Crippen LogP contribution in [0.15, 0.2) is 28.7 Å². The van der Waals surface area contributed by atoms with E-state index >= 15 is 0 Å². The summed E-state index contributed by atoms with van der Waals surface area (Å²) in [5, 5.41) is 7.86. The fraction of sp³-hybridized carbons (Fsp3) is 0.250. The Morgan fingerprint density at radius 1 is 1.29 bits per heavy atom. The lowest BCUT2D eigenvalue weighted by Crippen LogP contribution is -2.28. The van der Waals surface area contributed by atoms with Crippen molar-refractivity contribution in [2.24, 2.45) is 0 Å². The molecule has 3 rings (SSSR count). The summed E-state index contributed by atoms with van der Waals surface area (Å²) in [5.74, 6) is -0.226. The van der Waals surface area contributed by atoms with E-state index in [0.717, 1.165) is 41.1 Å². The van der Waals surface area contributed by atoms with Gasteiger partial charge in [-0.25, -0.2) is 4.39 Å². The number of hydrogen-bond acceptors (Lipinski definition) is 2. The average Bonchev–Trinajstić information content (AvgIpc) is 2.69. The maximum atomic E-state index is 12.9. The van der Waals surface area contributed by atoms with Crippen LogP contribution in [0.3, 0.4) is 0 Å². The van der Waals surface area contributed by atoms with Crippen molar-refractivity contribution < 1.29 is 4.39 Å². The van der Waals surface area contributed by atoms with Gasteiger partial charge in [-0.1, -0.05) is 0 Å². The summed E-state index contributed by atoms with van der Waals surface area (Å²) in [7, 11) is 0. The fourth-order valence-electron chi connectivity index (χ4n) is 2.01. The zero-order valence-corrected chi connectivity index (χ0v) is 10.7. The lowest BCUT2D eigenvalue weighted by atomic mass is 10.1. The Morgan fingerprint density at radius 2 is 2.06 bits per heavy atom. The van der Waals surface area contributed by atoms with Gasteiger partial charge in [-0.2, -0.15) is 5.10 Å². The third-order valence-electron chi connectivity index (χ3n) is 2.90. The summed E-state index contributed by atoms with van der Waals surface area (Å²) >= 11 is 3.58. The smallest absolute Gasteiger partial charge is 0.123 e. The van der Waals surface area contributed by atoms with Gasteiger partial charge in [0.15, 0.2) is 0 Å². The zero-order chi connectivity index (χ0) is 11.8. The van der Waals surface area contributed by atoms with Crippen LogP contribution in [0.4, 0.5) is 4.39 Å². The van der Waals surface area contributed by atoms with E-state index in [1.54, 1.807) is 12.1 Å². The molecule has 1 aliphatic rings. The maximum Gasteiger partial charge on any atom is 0.123 e. The predicted molar refractivity (Wildman–Crippen MR) is 67.0 cm³/mol. The Labute approximate surface area is 107 Å². The Hall–Kier alpha value is -1.20. The number of rotatable bonds is 1. The molecule has 0 aliphatic carbocycles. The van der Waals surface area contributed by atoms with Gasteiger partial charge in [0, 0.05) is 18.7 Å². The van der Waals surface area contributed by atoms with E-state index in [-0.39, 0.29) is 5.82 Å². The lowest BCUT2D eigenvalue weighted by molar-refractivity contribution is 0.475. The number of hydrogen-bond donors (Lipinski definition) is 1. The van der Waals surface area contributed by atoms with E-state index in [9.17, 15) is 4.39 Å². The van der Waals surface area contributed by atoms with Crippen LogP contribution in [0.5, 0.6) is 0 Å². The number of fused-ring (bicyclic) bond motifs is 1. The van der Waals surface area contributed by atoms with Gasteiger partial charge in [-0.3, -0.25) is 4.68 Å². The van der Waals surface area contributed by atoms with Gasteiger partial charge in [0.1, 0.15) is 11.5 Å². The lowest BCUT2D eigenvalue weighted by Gasteiger charge is -2.14. The van der Waals surface area contributed by atoms with Gasteiger partial charge in [-0.15, -0.1) is 0 Å². The minimum absolute atomic E-state index is 0.226. The number of nitrogens with zero attached hydrogens (tertiary/aromatic N) is 2. The molecule has 88 valence electrons. The second-order valence-electron chi connectivity index (χ2n) is 4.02. The summed E-state index contributed by atoms with van der Waals surface area (Å²) in [6, 6.07) is 6.42. The monoisotopic (exact) mass is 295 g/mol. The van der Waals surface area contributed by atoms with Crippen molar-refractivity contribution in [3.8, 4) is 11.3 Å². The van der Waals surface area contributed by atoms with E-state index in [1.165, 1.54) is 12.1 Å². The Bertz CT molecular complexity index is 548. The quantitative estimate of drug-likeness (QED) is 0.876. The highest BCUT2D eigenvalue weighted by atomic mass is 79.9. The molecule has 0 spiro atoms. The summed E-state index contributed by atoms with van der Waals surface area (Å²) in [6.45, 7) is 2.62. The molecule has 0 bridgehead atoms. The van der Waals surface area contributed by atoms with Crippen molar-refractivity contribution in [1.82, 2.24) is 15.1 Å². The van der Waals surface area contributed by atoms with Crippen LogP contribution in [0.1, 0.15) is 5.69 Å². The minimum Gasteiger partial charge on any atom is -0.309 e. The third kappa shape index (κ3) is 1.89. The fourth-order valence-corrected chi connectivity index (χ4v) is 2.67. The minimum atomic E-state index is -0.226. The Balaban J connectivity index is 2.09. The highest BCUT2D eigenvalue weighted by Gasteiger charge is 2.19. The van der Waals surface area contributed by atoms with Crippen molar-refractivity contribution in [3.63, 3.8) is 0 Å². The number of aromatic nitrogens is 2. The molecule has 0 atom stereocenters. The molecule has 0 unspecified atom stereocenters. The molecule has 2 heterocycles. The number of benzene rings is 1. The second-order valence-corrected chi connectivity index (χ2v) is 4.81. The van der Waals surface area contributed by atoms with Crippen LogP contribution in [-0.2, 0) is 13.1 Å². The first-order chi connectivity index (χ1) is 8.25. The first kappa shape index (κ1) is 10.9. The molecule has 0 amide bonds. The molecule has 1 aromatic heterocycles. The molecule has 17 heavy (non-hydrogen) atoms. The van der Waals surface area contributed by atoms with E-state index in [1.807, 2.05) is 4.68 Å². The van der Waals surface area contributed by atoms with Gasteiger partial charge in [0.2, 0.25) is 0 Å². The number of halogens is 2. The van der Waals surface area contributed by atoms with Gasteiger partial charge in [0.05, 0.1) is 16.7 Å². The molecule has 1 aromatic carbocycles. The van der Waals surface area contributed by atoms with Crippen molar-refractivity contribution in [3.05, 3.63) is 40.2 Å². The highest BCUT2D eigenvalue weighted by Crippen LogP contribution is 2.31. The molecule has 0 saturated carbocycles. The highest BCUT2D eigenvalue weighted by molar-refractivity contribution is 9.10. The molecule has 0 saturated heterocycles. The standard InChI is InChI=1S/C12H11BrFN3/c13-11-10-7-15-5-6-17(10)16-12(11)8-1-3-9(14)4-2-8/h1-4,15H,5-7H2. The molecular formula is C12H11BrFN3. The molecule has 5 heteroatoms. The van der Waals surface area contributed by atoms with Crippen LogP contribution in [0.2, 0.25) is 0 Å². The molecule has 0 radical (unpaired) electrons. The van der Waals surface area contributed by atoms with E-state index in [4.69, 9.17) is 0 Å². The normalized spacial score (nSPS) is 14.7. The van der Waals surface area contributed by atoms with Crippen LogP contribution >= 0.6 is 15.9 Å². The maximum absolute atomic E-state index is 12.9. The second kappa shape index (κ2) is 4.23. The van der Waals surface area contributed by atoms with E-state index in [0.29, 0.717) is 0 Å². The van der Waals surface area contributed by atoms with Crippen molar-refractivity contribution >= 4 is 15.9 Å². The van der Waals surface area contributed by atoms with Crippen LogP contribution < -0.4 is 5.32 Å². The molecule has 0 fully saturated rings. The van der Waals surface area contributed by atoms with Gasteiger partial charge >= 0.3 is 0 Å². The van der Waals surface area contributed by atoms with E-state index in [2.05, 4.69) is 26.3 Å². The zero-order valence-electron chi connectivity index (χ0n) is 9.08. The SMILES string of the molecule is Fc1ccc(-c2nn3c(c2Br)CNCC3)cc1. The molecule has 2 aromatic rings. The molecule has 1 N–H and O–H groups in total. The summed E-state index contributed by atoms with van der Waals surface area (Å²) in [5.41, 5.74) is 2.96. The Morgan fingerprint density at radius 3 is 2.76 bits per heavy atom. The summed E-state index contributed by atoms with van der Waals surface area (Å²) in [6.07, 6.45) is 0. The van der Waals surface area contributed by atoms with Gasteiger partial charge in [0.25, 0.3) is 0 Å². The average molecular weight is 296 g/mol. The molecule has 3 nitrogen and oxygen atoms in total. The van der Waals surface area contributed by atoms with Crippen molar-refractivity contribution in [1.29, 1.82) is 0 Å². The predicted octanol–water partition coefficient (Wildman–Crippen LogP) is 2.55. The third-order valence-corrected chi connectivity index (χ3v) is 3.74. The first-order valence-corrected chi connectivity index (χ1v) is 6.27. The topological polar surface area (TPSA) is 29.9 Å². The van der Waals surface area contributed by atoms with Crippen molar-refractivity contribution in [2.45, 2.75) is 13.1 Å². The Kier molecular flexibility index (Phi) is 2.72. The van der Waals surface area contributed by atoms with Crippen LogP contribution in [0, 0.1) is 5.82 Å². The summed E-state index contributed by atoms with van der Waals surface area (Å²) in [4.78, 5) is 0. The summed E-state index contributed by atoms with van der Waals surface area (Å²) < 4.78 is 15.9. The van der Waals surface area contributed by atoms with E-state index < -0.39 is 0 Å². The van der Waals surface area contributed by atoms with Crippen LogP contribution in [-0.4, -0.2) is 16.3 Å². The molecular weight excluding hydrogens is 285 g/mol. The number of nitrogens with one attached hydrogen (secondary N) is 1. The molecule has 1 aliphatic heterocycles. The van der Waals surface area contributed by atoms with Crippen molar-refractivity contribution in [2.75, 3.05) is 6.54 Å².